The highest BCUT2D eigenvalue weighted by Crippen LogP contribution is 2.19. The summed E-state index contributed by atoms with van der Waals surface area (Å²) in [7, 11) is 0. The molecule has 106 valence electrons. The zero-order valence-corrected chi connectivity index (χ0v) is 11.9. The lowest BCUT2D eigenvalue weighted by Crippen LogP contribution is -2.35. The van der Waals surface area contributed by atoms with Crippen molar-refractivity contribution in [3.8, 4) is 0 Å². The first-order valence-corrected chi connectivity index (χ1v) is 6.52. The van der Waals surface area contributed by atoms with Gasteiger partial charge in [0.2, 0.25) is 0 Å². The van der Waals surface area contributed by atoms with Crippen LogP contribution < -0.4 is 11.1 Å². The Labute approximate surface area is 118 Å². The van der Waals surface area contributed by atoms with Crippen LogP contribution in [-0.2, 0) is 9.47 Å². The van der Waals surface area contributed by atoms with Gasteiger partial charge in [-0.3, -0.25) is 4.79 Å². The molecule has 0 fully saturated rings. The van der Waals surface area contributed by atoms with Crippen LogP contribution >= 0.6 is 11.6 Å². The maximum absolute atomic E-state index is 11.9. The third kappa shape index (κ3) is 5.06. The van der Waals surface area contributed by atoms with Crippen LogP contribution in [0.2, 0.25) is 5.02 Å². The lowest BCUT2D eigenvalue weighted by molar-refractivity contribution is -0.131. The third-order valence-electron chi connectivity index (χ3n) is 2.40. The fourth-order valence-electron chi connectivity index (χ4n) is 1.48. The summed E-state index contributed by atoms with van der Waals surface area (Å²) in [6.45, 7) is 5.06. The zero-order valence-electron chi connectivity index (χ0n) is 11.1. The molecule has 0 aliphatic carbocycles. The fraction of sp³-hybridized carbons (Fsp3) is 0.462. The largest absolute Gasteiger partial charge is 0.398 e. The molecule has 6 heteroatoms. The number of nitrogens with two attached hydrogens (primary N) is 1. The summed E-state index contributed by atoms with van der Waals surface area (Å²) in [4.78, 5) is 11.9. The number of carbonyl (C=O) groups is 1. The van der Waals surface area contributed by atoms with Gasteiger partial charge in [0.15, 0.2) is 6.29 Å². The summed E-state index contributed by atoms with van der Waals surface area (Å²) in [5.74, 6) is -0.244. The smallest absolute Gasteiger partial charge is 0.251 e. The van der Waals surface area contributed by atoms with E-state index in [0.717, 1.165) is 0 Å². The molecule has 0 atom stereocenters. The van der Waals surface area contributed by atoms with Crippen LogP contribution in [0.5, 0.6) is 0 Å². The Morgan fingerprint density at radius 2 is 2.00 bits per heavy atom. The van der Waals surface area contributed by atoms with Crippen LogP contribution in [0.3, 0.4) is 0 Å². The van der Waals surface area contributed by atoms with Crippen molar-refractivity contribution < 1.29 is 14.3 Å². The van der Waals surface area contributed by atoms with Gasteiger partial charge in [0.05, 0.1) is 17.3 Å². The quantitative estimate of drug-likeness (QED) is 0.594. The van der Waals surface area contributed by atoms with E-state index in [-0.39, 0.29) is 12.5 Å². The van der Waals surface area contributed by atoms with E-state index in [1.54, 1.807) is 12.1 Å². The van der Waals surface area contributed by atoms with Crippen molar-refractivity contribution in [2.75, 3.05) is 25.5 Å². The number of benzene rings is 1. The van der Waals surface area contributed by atoms with Gasteiger partial charge in [-0.05, 0) is 32.0 Å². The number of carbonyl (C=O) groups excluding carboxylic acids is 1. The van der Waals surface area contributed by atoms with E-state index in [0.29, 0.717) is 29.5 Å². The van der Waals surface area contributed by atoms with Gasteiger partial charge in [-0.25, -0.2) is 0 Å². The van der Waals surface area contributed by atoms with Crippen LogP contribution in [0, 0.1) is 0 Å². The summed E-state index contributed by atoms with van der Waals surface area (Å²) in [6, 6.07) is 4.75. The molecule has 0 aromatic heterocycles. The summed E-state index contributed by atoms with van der Waals surface area (Å²) in [5, 5.41) is 3.09. The van der Waals surface area contributed by atoms with Gasteiger partial charge in [0, 0.05) is 18.8 Å². The molecular formula is C13H19ClN2O3. The SMILES string of the molecule is CCOC(CNC(=O)c1ccc(N)c(Cl)c1)OCC. The first-order chi connectivity index (χ1) is 9.08. The molecule has 0 heterocycles. The number of hydrogen-bond acceptors (Lipinski definition) is 4. The van der Waals surface area contributed by atoms with E-state index in [9.17, 15) is 4.79 Å². The number of ether oxygens (including phenoxy) is 2. The minimum absolute atomic E-state index is 0.244. The highest BCUT2D eigenvalue weighted by molar-refractivity contribution is 6.33. The molecule has 3 N–H and O–H groups in total. The van der Waals surface area contributed by atoms with Gasteiger partial charge in [0.25, 0.3) is 5.91 Å². The van der Waals surface area contributed by atoms with Crippen molar-refractivity contribution in [3.05, 3.63) is 28.8 Å². The lowest BCUT2D eigenvalue weighted by atomic mass is 10.2. The van der Waals surface area contributed by atoms with Crippen molar-refractivity contribution in [1.29, 1.82) is 0 Å². The average molecular weight is 287 g/mol. The molecule has 0 unspecified atom stereocenters. The molecule has 0 aliphatic rings. The number of hydrogen-bond donors (Lipinski definition) is 2. The maximum Gasteiger partial charge on any atom is 0.251 e. The standard InChI is InChI=1S/C13H19ClN2O3/c1-3-18-12(19-4-2)8-16-13(17)9-5-6-11(15)10(14)7-9/h5-7,12H,3-4,8,15H2,1-2H3,(H,16,17). The molecule has 0 bridgehead atoms. The Kier molecular flexibility index (Phi) is 6.62. The van der Waals surface area contributed by atoms with Gasteiger partial charge >= 0.3 is 0 Å². The Balaban J connectivity index is 2.56. The monoisotopic (exact) mass is 286 g/mol. The molecule has 0 saturated heterocycles. The van der Waals surface area contributed by atoms with Crippen molar-refractivity contribution in [1.82, 2.24) is 5.32 Å². The number of amides is 1. The van der Waals surface area contributed by atoms with Gasteiger partial charge in [-0.2, -0.15) is 0 Å². The molecule has 1 amide bonds. The Morgan fingerprint density at radius 1 is 1.37 bits per heavy atom. The molecule has 0 radical (unpaired) electrons. The normalized spacial score (nSPS) is 10.7. The highest BCUT2D eigenvalue weighted by Gasteiger charge is 2.12. The van der Waals surface area contributed by atoms with Crippen molar-refractivity contribution in [3.63, 3.8) is 0 Å². The minimum atomic E-state index is -0.441. The second kappa shape index (κ2) is 7.99. The van der Waals surface area contributed by atoms with E-state index in [4.69, 9.17) is 26.8 Å². The molecule has 19 heavy (non-hydrogen) atoms. The molecule has 1 aromatic carbocycles. The fourth-order valence-corrected chi connectivity index (χ4v) is 1.66. The third-order valence-corrected chi connectivity index (χ3v) is 2.72. The first-order valence-electron chi connectivity index (χ1n) is 6.14. The maximum atomic E-state index is 11.9. The van der Waals surface area contributed by atoms with Gasteiger partial charge in [-0.1, -0.05) is 11.6 Å². The highest BCUT2D eigenvalue weighted by atomic mass is 35.5. The van der Waals surface area contributed by atoms with Gasteiger partial charge in [0.1, 0.15) is 0 Å². The zero-order chi connectivity index (χ0) is 14.3. The molecular weight excluding hydrogens is 268 g/mol. The first kappa shape index (κ1) is 15.8. The summed E-state index contributed by atoms with van der Waals surface area (Å²) >= 11 is 5.87. The van der Waals surface area contributed by atoms with Crippen LogP contribution in [-0.4, -0.2) is 32.0 Å². The summed E-state index contributed by atoms with van der Waals surface area (Å²) in [5.41, 5.74) is 6.48. The van der Waals surface area contributed by atoms with E-state index in [1.165, 1.54) is 6.07 Å². The number of nitrogen functional groups attached to an aromatic ring is 1. The number of halogens is 1. The van der Waals surface area contributed by atoms with Crippen molar-refractivity contribution in [2.45, 2.75) is 20.1 Å². The van der Waals surface area contributed by atoms with Gasteiger partial charge in [-0.15, -0.1) is 0 Å². The molecule has 0 aliphatic heterocycles. The number of nitrogens with one attached hydrogen (secondary N) is 1. The molecule has 0 spiro atoms. The van der Waals surface area contributed by atoms with Gasteiger partial charge < -0.3 is 20.5 Å². The van der Waals surface area contributed by atoms with E-state index < -0.39 is 6.29 Å². The molecule has 0 saturated carbocycles. The lowest BCUT2D eigenvalue weighted by Gasteiger charge is -2.17. The van der Waals surface area contributed by atoms with Crippen LogP contribution in [0.25, 0.3) is 0 Å². The second-order valence-electron chi connectivity index (χ2n) is 3.79. The van der Waals surface area contributed by atoms with Crippen molar-refractivity contribution in [2.24, 2.45) is 0 Å². The second-order valence-corrected chi connectivity index (χ2v) is 4.19. The molecule has 1 rings (SSSR count). The Hall–Kier alpha value is -1.30. The predicted molar refractivity (Wildman–Crippen MR) is 75.2 cm³/mol. The Bertz CT molecular complexity index is 420. The van der Waals surface area contributed by atoms with Crippen LogP contribution in [0.1, 0.15) is 24.2 Å². The molecule has 5 nitrogen and oxygen atoms in total. The summed E-state index contributed by atoms with van der Waals surface area (Å²) in [6.07, 6.45) is -0.441. The predicted octanol–water partition coefficient (Wildman–Crippen LogP) is 2.05. The van der Waals surface area contributed by atoms with Crippen LogP contribution in [0.4, 0.5) is 5.69 Å². The number of rotatable bonds is 7. The number of anilines is 1. The average Bonchev–Trinajstić information content (AvgIpc) is 2.39. The summed E-state index contributed by atoms with van der Waals surface area (Å²) < 4.78 is 10.7. The van der Waals surface area contributed by atoms with Crippen LogP contribution in [0.15, 0.2) is 18.2 Å². The minimum Gasteiger partial charge on any atom is -0.398 e. The van der Waals surface area contributed by atoms with Crippen molar-refractivity contribution >= 4 is 23.2 Å². The Morgan fingerprint density at radius 3 is 2.53 bits per heavy atom. The van der Waals surface area contributed by atoms with E-state index in [1.807, 2.05) is 13.8 Å². The molecule has 1 aromatic rings. The van der Waals surface area contributed by atoms with E-state index in [2.05, 4.69) is 5.32 Å². The van der Waals surface area contributed by atoms with E-state index >= 15 is 0 Å². The topological polar surface area (TPSA) is 73.6 Å².